The molecule has 1 unspecified atom stereocenters. The lowest BCUT2D eigenvalue weighted by molar-refractivity contribution is 0.295. The van der Waals surface area contributed by atoms with E-state index in [0.29, 0.717) is 5.92 Å². The van der Waals surface area contributed by atoms with E-state index in [4.69, 9.17) is 12.2 Å². The summed E-state index contributed by atoms with van der Waals surface area (Å²) in [7, 11) is 2.04. The molecule has 0 aromatic rings. The molecule has 0 fully saturated rings. The molecule has 0 aliphatic heterocycles. The van der Waals surface area contributed by atoms with Gasteiger partial charge in [0.15, 0.2) is 0 Å². The first kappa shape index (κ1) is 11.5. The van der Waals surface area contributed by atoms with E-state index in [1.165, 1.54) is 12.8 Å². The smallest absolute Gasteiger partial charge is 0.0596 e. The van der Waals surface area contributed by atoms with Crippen molar-refractivity contribution in [2.75, 3.05) is 26.7 Å². The van der Waals surface area contributed by atoms with Crippen LogP contribution in [0.3, 0.4) is 0 Å². The molecule has 2 nitrogen and oxygen atoms in total. The summed E-state index contributed by atoms with van der Waals surface area (Å²) in [6, 6.07) is 0. The lowest BCUT2D eigenvalue weighted by atomic mass is 10.0. The van der Waals surface area contributed by atoms with E-state index in [2.05, 4.69) is 17.7 Å². The highest BCUT2D eigenvalue weighted by molar-refractivity contribution is 4.87. The van der Waals surface area contributed by atoms with Gasteiger partial charge >= 0.3 is 0 Å². The zero-order valence-corrected chi connectivity index (χ0v) is 8.21. The lowest BCUT2D eigenvalue weighted by Crippen LogP contribution is -2.30. The molecule has 2 heteroatoms. The molecule has 0 aromatic carbocycles. The molecule has 2 N–H and O–H groups in total. The molecular weight excluding hydrogens is 148 g/mol. The Balaban J connectivity index is 3.62. The van der Waals surface area contributed by atoms with Crippen LogP contribution < -0.4 is 5.73 Å². The number of hydrogen-bond acceptors (Lipinski definition) is 2. The maximum absolute atomic E-state index is 5.62. The molecule has 0 radical (unpaired) electrons. The highest BCUT2D eigenvalue weighted by Gasteiger charge is 2.07. The Morgan fingerprint density at radius 1 is 1.58 bits per heavy atom. The first-order valence-corrected chi connectivity index (χ1v) is 4.56. The minimum Gasteiger partial charge on any atom is -0.330 e. The maximum Gasteiger partial charge on any atom is 0.0596 e. The summed E-state index contributed by atoms with van der Waals surface area (Å²) in [5.74, 6) is 3.23. The molecule has 0 heterocycles. The summed E-state index contributed by atoms with van der Waals surface area (Å²) in [4.78, 5) is 2.15. The topological polar surface area (TPSA) is 29.3 Å². The summed E-state index contributed by atoms with van der Waals surface area (Å²) < 4.78 is 0. The van der Waals surface area contributed by atoms with Gasteiger partial charge in [0.25, 0.3) is 0 Å². The van der Waals surface area contributed by atoms with Crippen LogP contribution in [0.1, 0.15) is 19.8 Å². The van der Waals surface area contributed by atoms with Crippen molar-refractivity contribution >= 4 is 0 Å². The molecule has 0 saturated heterocycles. The average Bonchev–Trinajstić information content (AvgIpc) is 2.04. The summed E-state index contributed by atoms with van der Waals surface area (Å²) in [5.41, 5.74) is 5.62. The minimum atomic E-state index is 0.605. The predicted octanol–water partition coefficient (Wildman–Crippen LogP) is 0.926. The monoisotopic (exact) mass is 168 g/mol. The van der Waals surface area contributed by atoms with E-state index in [-0.39, 0.29) is 0 Å². The Hall–Kier alpha value is -0.520. The Kier molecular flexibility index (Phi) is 6.84. The molecule has 0 saturated carbocycles. The van der Waals surface area contributed by atoms with Crippen molar-refractivity contribution in [1.82, 2.24) is 4.90 Å². The Labute approximate surface area is 76.1 Å². The number of rotatable bonds is 6. The molecule has 0 aromatic heterocycles. The molecule has 0 aliphatic rings. The minimum absolute atomic E-state index is 0.605. The zero-order chi connectivity index (χ0) is 9.40. The SMILES string of the molecule is C#CCN(C)CC(CN)CCC. The summed E-state index contributed by atoms with van der Waals surface area (Å²) in [6.07, 6.45) is 7.60. The fourth-order valence-electron chi connectivity index (χ4n) is 1.35. The molecule has 12 heavy (non-hydrogen) atoms. The van der Waals surface area contributed by atoms with Gasteiger partial charge in [0, 0.05) is 6.54 Å². The van der Waals surface area contributed by atoms with E-state index in [1.807, 2.05) is 7.05 Å². The second-order valence-corrected chi connectivity index (χ2v) is 3.29. The fraction of sp³-hybridized carbons (Fsp3) is 0.800. The van der Waals surface area contributed by atoms with Crippen molar-refractivity contribution < 1.29 is 0 Å². The number of nitrogens with zero attached hydrogens (tertiary/aromatic N) is 1. The van der Waals surface area contributed by atoms with Gasteiger partial charge in [-0.25, -0.2) is 0 Å². The number of terminal acetylenes is 1. The third-order valence-corrected chi connectivity index (χ3v) is 1.96. The first-order valence-electron chi connectivity index (χ1n) is 4.56. The van der Waals surface area contributed by atoms with Crippen LogP contribution in [-0.4, -0.2) is 31.6 Å². The quantitative estimate of drug-likeness (QED) is 0.598. The first-order chi connectivity index (χ1) is 5.74. The van der Waals surface area contributed by atoms with E-state index < -0.39 is 0 Å². The van der Waals surface area contributed by atoms with Gasteiger partial charge in [0.05, 0.1) is 6.54 Å². The molecule has 0 rings (SSSR count). The molecular formula is C10H20N2. The highest BCUT2D eigenvalue weighted by atomic mass is 15.1. The maximum atomic E-state index is 5.62. The van der Waals surface area contributed by atoms with Crippen LogP contribution in [-0.2, 0) is 0 Å². The van der Waals surface area contributed by atoms with Crippen LogP contribution in [0.4, 0.5) is 0 Å². The zero-order valence-electron chi connectivity index (χ0n) is 8.21. The summed E-state index contributed by atoms with van der Waals surface area (Å²) in [6.45, 7) is 4.70. The van der Waals surface area contributed by atoms with E-state index >= 15 is 0 Å². The fourth-order valence-corrected chi connectivity index (χ4v) is 1.35. The second-order valence-electron chi connectivity index (χ2n) is 3.29. The van der Waals surface area contributed by atoms with Crippen molar-refractivity contribution in [3.63, 3.8) is 0 Å². The molecule has 0 bridgehead atoms. The van der Waals surface area contributed by atoms with Crippen molar-refractivity contribution in [3.05, 3.63) is 0 Å². The van der Waals surface area contributed by atoms with Crippen LogP contribution >= 0.6 is 0 Å². The van der Waals surface area contributed by atoms with Crippen LogP contribution in [0.5, 0.6) is 0 Å². The molecule has 0 spiro atoms. The van der Waals surface area contributed by atoms with Gasteiger partial charge < -0.3 is 5.73 Å². The standard InChI is InChI=1S/C10H20N2/c1-4-6-10(8-11)9-12(3)7-5-2/h2,10H,4,6-9,11H2,1,3H3. The normalized spacial score (nSPS) is 12.9. The Morgan fingerprint density at radius 3 is 2.67 bits per heavy atom. The molecule has 1 atom stereocenters. The molecule has 0 amide bonds. The number of nitrogens with two attached hydrogens (primary N) is 1. The Bertz CT molecular complexity index is 137. The van der Waals surface area contributed by atoms with Crippen LogP contribution in [0, 0.1) is 18.3 Å². The lowest BCUT2D eigenvalue weighted by Gasteiger charge is -2.20. The van der Waals surface area contributed by atoms with E-state index in [9.17, 15) is 0 Å². The van der Waals surface area contributed by atoms with E-state index in [1.54, 1.807) is 0 Å². The largest absolute Gasteiger partial charge is 0.330 e. The van der Waals surface area contributed by atoms with Gasteiger partial charge in [-0.2, -0.15) is 0 Å². The second kappa shape index (κ2) is 7.15. The highest BCUT2D eigenvalue weighted by Crippen LogP contribution is 2.05. The van der Waals surface area contributed by atoms with Gasteiger partial charge in [0.2, 0.25) is 0 Å². The summed E-state index contributed by atoms with van der Waals surface area (Å²) in [5, 5.41) is 0. The van der Waals surface area contributed by atoms with Gasteiger partial charge in [-0.1, -0.05) is 19.3 Å². The van der Waals surface area contributed by atoms with Crippen molar-refractivity contribution in [2.45, 2.75) is 19.8 Å². The van der Waals surface area contributed by atoms with Crippen molar-refractivity contribution in [2.24, 2.45) is 11.7 Å². The molecule has 0 aliphatic carbocycles. The summed E-state index contributed by atoms with van der Waals surface area (Å²) >= 11 is 0. The van der Waals surface area contributed by atoms with Crippen molar-refractivity contribution in [3.8, 4) is 12.3 Å². The van der Waals surface area contributed by atoms with Gasteiger partial charge in [-0.05, 0) is 25.9 Å². The Morgan fingerprint density at radius 2 is 2.25 bits per heavy atom. The average molecular weight is 168 g/mol. The van der Waals surface area contributed by atoms with Crippen molar-refractivity contribution in [1.29, 1.82) is 0 Å². The number of hydrogen-bond donors (Lipinski definition) is 1. The third-order valence-electron chi connectivity index (χ3n) is 1.96. The van der Waals surface area contributed by atoms with Crippen LogP contribution in [0.15, 0.2) is 0 Å². The molecule has 70 valence electrons. The van der Waals surface area contributed by atoms with Crippen LogP contribution in [0.2, 0.25) is 0 Å². The van der Waals surface area contributed by atoms with Gasteiger partial charge in [-0.3, -0.25) is 4.90 Å². The van der Waals surface area contributed by atoms with Gasteiger partial charge in [0.1, 0.15) is 0 Å². The van der Waals surface area contributed by atoms with Crippen LogP contribution in [0.25, 0.3) is 0 Å². The van der Waals surface area contributed by atoms with E-state index in [0.717, 1.165) is 19.6 Å². The van der Waals surface area contributed by atoms with Gasteiger partial charge in [-0.15, -0.1) is 6.42 Å². The third kappa shape index (κ3) is 5.17. The predicted molar refractivity (Wildman–Crippen MR) is 53.8 cm³/mol.